The molecule has 0 fully saturated rings. The predicted octanol–water partition coefficient (Wildman–Crippen LogP) is 4.15. The van der Waals surface area contributed by atoms with E-state index in [9.17, 15) is 9.18 Å². The number of rotatable bonds is 6. The van der Waals surface area contributed by atoms with Gasteiger partial charge >= 0.3 is 0 Å². The zero-order valence-electron chi connectivity index (χ0n) is 15.2. The predicted molar refractivity (Wildman–Crippen MR) is 101 cm³/mol. The van der Waals surface area contributed by atoms with Crippen LogP contribution in [0.4, 0.5) is 4.39 Å². The molecule has 0 unspecified atom stereocenters. The largest absolute Gasteiger partial charge is 0.486 e. The Labute approximate surface area is 160 Å². The number of nitrogens with zero attached hydrogens (tertiary/aromatic N) is 2. The molecule has 0 spiro atoms. The number of fused-ring (bicyclic) bond motifs is 1. The fourth-order valence-electron chi connectivity index (χ4n) is 2.92. The van der Waals surface area contributed by atoms with Gasteiger partial charge in [0.25, 0.3) is 5.91 Å². The lowest BCUT2D eigenvalue weighted by Gasteiger charge is -2.14. The molecular weight excluding hydrogens is 361 g/mol. The van der Waals surface area contributed by atoms with Crippen LogP contribution in [0.25, 0.3) is 10.9 Å². The van der Waals surface area contributed by atoms with E-state index in [0.717, 1.165) is 16.6 Å². The molecule has 0 radical (unpaired) electrons. The van der Waals surface area contributed by atoms with Crippen molar-refractivity contribution in [2.24, 2.45) is 0 Å². The lowest BCUT2D eigenvalue weighted by atomic mass is 10.2. The van der Waals surface area contributed by atoms with Crippen LogP contribution >= 0.6 is 0 Å². The molecule has 1 N–H and O–H groups in total. The lowest BCUT2D eigenvalue weighted by Crippen LogP contribution is -2.26. The fourth-order valence-corrected chi connectivity index (χ4v) is 2.92. The van der Waals surface area contributed by atoms with Gasteiger partial charge in [-0.2, -0.15) is 0 Å². The number of carbonyl (C=O) groups is 1. The molecule has 28 heavy (non-hydrogen) atoms. The summed E-state index contributed by atoms with van der Waals surface area (Å²) in [5, 5.41) is 4.60. The molecule has 4 aromatic rings. The summed E-state index contributed by atoms with van der Waals surface area (Å²) in [5.41, 5.74) is 1.82. The Morgan fingerprint density at radius 3 is 2.82 bits per heavy atom. The van der Waals surface area contributed by atoms with Crippen molar-refractivity contribution >= 4 is 16.8 Å². The van der Waals surface area contributed by atoms with E-state index in [1.165, 1.54) is 17.0 Å². The third kappa shape index (κ3) is 3.88. The monoisotopic (exact) mass is 379 g/mol. The van der Waals surface area contributed by atoms with Crippen LogP contribution in [-0.4, -0.2) is 28.0 Å². The Bertz CT molecular complexity index is 1100. The minimum Gasteiger partial charge on any atom is -0.486 e. The molecule has 0 aliphatic rings. The molecule has 4 rings (SSSR count). The standard InChI is InChI=1S/C21H18FN3O3/c1-25(12-16-10-14-9-15(22)7-8-19(14)23-16)21(26)20-11-18(28-24-20)13-27-17-5-3-2-4-6-17/h2-11,23H,12-13H2,1H3. The summed E-state index contributed by atoms with van der Waals surface area (Å²) in [6.07, 6.45) is 0. The van der Waals surface area contributed by atoms with Gasteiger partial charge in [0.2, 0.25) is 0 Å². The van der Waals surface area contributed by atoms with Crippen LogP contribution in [0.15, 0.2) is 65.2 Å². The maximum Gasteiger partial charge on any atom is 0.276 e. The zero-order valence-corrected chi connectivity index (χ0v) is 15.2. The Balaban J connectivity index is 1.40. The molecule has 0 saturated heterocycles. The van der Waals surface area contributed by atoms with Crippen molar-refractivity contribution in [3.05, 3.63) is 83.6 Å². The molecule has 0 aliphatic heterocycles. The van der Waals surface area contributed by atoms with Crippen LogP contribution in [0.5, 0.6) is 5.75 Å². The van der Waals surface area contributed by atoms with E-state index in [1.807, 2.05) is 36.4 Å². The molecular formula is C21H18FN3O3. The quantitative estimate of drug-likeness (QED) is 0.546. The number of halogens is 1. The molecule has 2 aromatic heterocycles. The van der Waals surface area contributed by atoms with E-state index in [4.69, 9.17) is 9.26 Å². The average molecular weight is 379 g/mol. The van der Waals surface area contributed by atoms with Crippen LogP contribution in [0.1, 0.15) is 21.9 Å². The molecule has 0 atom stereocenters. The highest BCUT2D eigenvalue weighted by Gasteiger charge is 2.18. The molecule has 6 nitrogen and oxygen atoms in total. The van der Waals surface area contributed by atoms with E-state index >= 15 is 0 Å². The first-order valence-electron chi connectivity index (χ1n) is 8.74. The topological polar surface area (TPSA) is 71.4 Å². The first-order valence-corrected chi connectivity index (χ1v) is 8.74. The molecule has 2 heterocycles. The van der Waals surface area contributed by atoms with Crippen molar-refractivity contribution < 1.29 is 18.4 Å². The number of nitrogens with one attached hydrogen (secondary N) is 1. The van der Waals surface area contributed by atoms with Crippen molar-refractivity contribution in [1.82, 2.24) is 15.0 Å². The van der Waals surface area contributed by atoms with Gasteiger partial charge in [-0.1, -0.05) is 23.4 Å². The first-order chi connectivity index (χ1) is 13.6. The SMILES string of the molecule is CN(Cc1cc2cc(F)ccc2[nH]1)C(=O)c1cc(COc2ccccc2)on1. The maximum absolute atomic E-state index is 13.3. The van der Waals surface area contributed by atoms with Gasteiger partial charge in [-0.15, -0.1) is 0 Å². The Kier molecular flexibility index (Phi) is 4.80. The van der Waals surface area contributed by atoms with Gasteiger partial charge in [0.05, 0.1) is 6.54 Å². The van der Waals surface area contributed by atoms with E-state index in [0.29, 0.717) is 18.1 Å². The van der Waals surface area contributed by atoms with Crippen LogP contribution < -0.4 is 4.74 Å². The first kappa shape index (κ1) is 17.8. The second-order valence-corrected chi connectivity index (χ2v) is 6.47. The Hall–Kier alpha value is -3.61. The molecule has 0 saturated carbocycles. The van der Waals surface area contributed by atoms with Crippen molar-refractivity contribution in [2.75, 3.05) is 7.05 Å². The number of hydrogen-bond acceptors (Lipinski definition) is 4. The number of ether oxygens (including phenoxy) is 1. The summed E-state index contributed by atoms with van der Waals surface area (Å²) in [4.78, 5) is 17.3. The number of para-hydroxylation sites is 1. The highest BCUT2D eigenvalue weighted by Crippen LogP contribution is 2.18. The number of H-pyrrole nitrogens is 1. The summed E-state index contributed by atoms with van der Waals surface area (Å²) < 4.78 is 24.1. The summed E-state index contributed by atoms with van der Waals surface area (Å²) >= 11 is 0. The van der Waals surface area contributed by atoms with Gasteiger partial charge in [-0.25, -0.2) is 4.39 Å². The summed E-state index contributed by atoms with van der Waals surface area (Å²) in [6.45, 7) is 0.513. The summed E-state index contributed by atoms with van der Waals surface area (Å²) in [5.74, 6) is 0.593. The van der Waals surface area contributed by atoms with Gasteiger partial charge < -0.3 is 19.1 Å². The highest BCUT2D eigenvalue weighted by atomic mass is 19.1. The van der Waals surface area contributed by atoms with Gasteiger partial charge in [-0.3, -0.25) is 4.79 Å². The Morgan fingerprint density at radius 1 is 1.18 bits per heavy atom. The minimum atomic E-state index is -0.296. The number of hydrogen-bond donors (Lipinski definition) is 1. The minimum absolute atomic E-state index is 0.182. The average Bonchev–Trinajstić information content (AvgIpc) is 3.32. The molecule has 2 aromatic carbocycles. The third-order valence-electron chi connectivity index (χ3n) is 4.30. The number of aromatic nitrogens is 2. The van der Waals surface area contributed by atoms with Crippen LogP contribution in [0.3, 0.4) is 0 Å². The van der Waals surface area contributed by atoms with E-state index in [2.05, 4.69) is 10.1 Å². The molecule has 142 valence electrons. The smallest absolute Gasteiger partial charge is 0.276 e. The van der Waals surface area contributed by atoms with Crippen LogP contribution in [-0.2, 0) is 13.2 Å². The van der Waals surface area contributed by atoms with Crippen molar-refractivity contribution in [1.29, 1.82) is 0 Å². The third-order valence-corrected chi connectivity index (χ3v) is 4.30. The van der Waals surface area contributed by atoms with E-state index in [1.54, 1.807) is 19.2 Å². The van der Waals surface area contributed by atoms with E-state index < -0.39 is 0 Å². The van der Waals surface area contributed by atoms with Crippen molar-refractivity contribution in [2.45, 2.75) is 13.2 Å². The lowest BCUT2D eigenvalue weighted by molar-refractivity contribution is 0.0773. The molecule has 0 bridgehead atoms. The second-order valence-electron chi connectivity index (χ2n) is 6.47. The molecule has 7 heteroatoms. The fraction of sp³-hybridized carbons (Fsp3) is 0.143. The highest BCUT2D eigenvalue weighted by molar-refractivity contribution is 5.92. The normalized spacial score (nSPS) is 10.9. The van der Waals surface area contributed by atoms with Gasteiger partial charge in [0.1, 0.15) is 18.2 Å². The zero-order chi connectivity index (χ0) is 19.5. The summed E-state index contributed by atoms with van der Waals surface area (Å²) in [7, 11) is 1.67. The van der Waals surface area contributed by atoms with Crippen LogP contribution in [0.2, 0.25) is 0 Å². The second kappa shape index (κ2) is 7.56. The van der Waals surface area contributed by atoms with Gasteiger partial charge in [-0.05, 0) is 36.4 Å². The number of amides is 1. The van der Waals surface area contributed by atoms with Crippen molar-refractivity contribution in [3.8, 4) is 5.75 Å². The number of aromatic amines is 1. The van der Waals surface area contributed by atoms with Gasteiger partial charge in [0, 0.05) is 29.7 Å². The number of benzene rings is 2. The molecule has 1 amide bonds. The molecule has 0 aliphatic carbocycles. The van der Waals surface area contributed by atoms with E-state index in [-0.39, 0.29) is 24.0 Å². The summed E-state index contributed by atoms with van der Waals surface area (Å²) in [6, 6.07) is 17.2. The van der Waals surface area contributed by atoms with Gasteiger partial charge in [0.15, 0.2) is 11.5 Å². The van der Waals surface area contributed by atoms with Crippen molar-refractivity contribution in [3.63, 3.8) is 0 Å². The van der Waals surface area contributed by atoms with Crippen LogP contribution in [0, 0.1) is 5.82 Å². The number of carbonyl (C=O) groups excluding carboxylic acids is 1. The maximum atomic E-state index is 13.3. The Morgan fingerprint density at radius 2 is 2.00 bits per heavy atom.